The van der Waals surface area contributed by atoms with Gasteiger partial charge in [0, 0.05) is 18.7 Å². The first-order chi connectivity index (χ1) is 19.0. The number of benzene rings is 2. The molecule has 1 aliphatic rings. The van der Waals surface area contributed by atoms with Crippen LogP contribution in [0.15, 0.2) is 53.4 Å². The summed E-state index contributed by atoms with van der Waals surface area (Å²) in [6.07, 6.45) is 0.149. The van der Waals surface area contributed by atoms with Crippen LogP contribution in [0.3, 0.4) is 0 Å². The van der Waals surface area contributed by atoms with Gasteiger partial charge in [0.25, 0.3) is 0 Å². The lowest BCUT2D eigenvalue weighted by molar-refractivity contribution is -0.0517. The molecular formula is C28H31F2N3O7. The van der Waals surface area contributed by atoms with Gasteiger partial charge in [-0.1, -0.05) is 24.3 Å². The van der Waals surface area contributed by atoms with Crippen LogP contribution >= 0.6 is 0 Å². The Bertz CT molecular complexity index is 1290. The summed E-state index contributed by atoms with van der Waals surface area (Å²) in [4.78, 5) is 28.9. The number of oxazole rings is 1. The lowest BCUT2D eigenvalue weighted by Gasteiger charge is -2.26. The van der Waals surface area contributed by atoms with E-state index < -0.39 is 53.5 Å². The fraction of sp³-hybridized carbons (Fsp3) is 0.393. The topological polar surface area (TPSA) is 132 Å². The van der Waals surface area contributed by atoms with Crippen molar-refractivity contribution >= 4 is 12.2 Å². The van der Waals surface area contributed by atoms with Gasteiger partial charge >= 0.3 is 12.2 Å². The molecule has 3 atom stereocenters. The van der Waals surface area contributed by atoms with Crippen molar-refractivity contribution in [3.8, 4) is 17.1 Å². The molecule has 0 bridgehead atoms. The van der Waals surface area contributed by atoms with Crippen molar-refractivity contribution in [2.45, 2.75) is 57.5 Å². The maximum atomic E-state index is 13.6. The molecule has 0 saturated carbocycles. The van der Waals surface area contributed by atoms with Crippen LogP contribution in [-0.4, -0.2) is 59.3 Å². The van der Waals surface area contributed by atoms with Gasteiger partial charge in [-0.25, -0.2) is 23.4 Å². The van der Waals surface area contributed by atoms with E-state index in [1.165, 1.54) is 6.39 Å². The number of hydrogen-bond acceptors (Lipinski definition) is 9. The number of carbonyl (C=O) groups excluding carboxylic acids is 2. The number of rotatable bonds is 8. The smallest absolute Gasteiger partial charge is 0.503 e. The standard InChI is InChI=1S/C28H31F2N3O7/c1-28(2,3)40-27(36)38-23-14-33-21(12-16-4-6-18(7-5-16)22-13-31-15-37-22)25(23)39-26(35)32-9-8-17-10-19(29)24(34)20(30)11-17/h4-7,10-11,13,15,21,23,25,33-34H,8-9,12,14H2,1-3H3,(H,32,35)/t21-,23+,25+/m1/s1. The highest BCUT2D eigenvalue weighted by Crippen LogP contribution is 2.24. The summed E-state index contributed by atoms with van der Waals surface area (Å²) < 4.78 is 48.9. The van der Waals surface area contributed by atoms with E-state index in [9.17, 15) is 23.5 Å². The van der Waals surface area contributed by atoms with Crippen LogP contribution in [0.2, 0.25) is 0 Å². The molecule has 2 heterocycles. The second kappa shape index (κ2) is 12.3. The maximum Gasteiger partial charge on any atom is 0.509 e. The van der Waals surface area contributed by atoms with Crippen molar-refractivity contribution < 1.29 is 42.1 Å². The van der Waals surface area contributed by atoms with Crippen molar-refractivity contribution in [1.82, 2.24) is 15.6 Å². The van der Waals surface area contributed by atoms with E-state index in [-0.39, 0.29) is 25.1 Å². The summed E-state index contributed by atoms with van der Waals surface area (Å²) in [5.41, 5.74) is 1.26. The Morgan fingerprint density at radius 2 is 1.82 bits per heavy atom. The van der Waals surface area contributed by atoms with Crippen LogP contribution < -0.4 is 10.6 Å². The van der Waals surface area contributed by atoms with Crippen LogP contribution in [-0.2, 0) is 27.1 Å². The van der Waals surface area contributed by atoms with E-state index in [1.54, 1.807) is 27.0 Å². The van der Waals surface area contributed by atoms with Crippen LogP contribution in [0, 0.1) is 11.6 Å². The zero-order valence-corrected chi connectivity index (χ0v) is 22.3. The second-order valence-electron chi connectivity index (χ2n) is 10.4. The minimum Gasteiger partial charge on any atom is -0.503 e. The third kappa shape index (κ3) is 7.69. The molecule has 1 saturated heterocycles. The quantitative estimate of drug-likeness (QED) is 0.341. The third-order valence-electron chi connectivity index (χ3n) is 6.11. The Hall–Kier alpha value is -4.19. The molecule has 0 spiro atoms. The van der Waals surface area contributed by atoms with Crippen molar-refractivity contribution in [3.05, 3.63) is 71.8 Å². The number of aromatic nitrogens is 1. The number of halogens is 2. The molecule has 12 heteroatoms. The van der Waals surface area contributed by atoms with E-state index in [4.69, 9.17) is 18.6 Å². The largest absolute Gasteiger partial charge is 0.509 e. The SMILES string of the molecule is CC(C)(C)OC(=O)O[C@H]1CN[C@H](Cc2ccc(-c3cnco3)cc2)[C@@H]1OC(=O)NCCc1cc(F)c(O)c(F)c1. The number of carbonyl (C=O) groups is 2. The molecular weight excluding hydrogens is 528 g/mol. The molecule has 1 aliphatic heterocycles. The predicted molar refractivity (Wildman–Crippen MR) is 139 cm³/mol. The van der Waals surface area contributed by atoms with Gasteiger partial charge in [0.1, 0.15) is 5.60 Å². The van der Waals surface area contributed by atoms with Gasteiger partial charge < -0.3 is 34.4 Å². The fourth-order valence-electron chi connectivity index (χ4n) is 4.27. The van der Waals surface area contributed by atoms with Crippen molar-refractivity contribution in [2.75, 3.05) is 13.1 Å². The van der Waals surface area contributed by atoms with Crippen LogP contribution in [0.5, 0.6) is 5.75 Å². The van der Waals surface area contributed by atoms with E-state index in [0.29, 0.717) is 12.2 Å². The molecule has 4 rings (SSSR count). The van der Waals surface area contributed by atoms with Gasteiger partial charge in [-0.2, -0.15) is 0 Å². The first-order valence-corrected chi connectivity index (χ1v) is 12.7. The van der Waals surface area contributed by atoms with E-state index in [1.807, 2.05) is 24.3 Å². The third-order valence-corrected chi connectivity index (χ3v) is 6.11. The van der Waals surface area contributed by atoms with E-state index in [0.717, 1.165) is 23.3 Å². The summed E-state index contributed by atoms with van der Waals surface area (Å²) in [6.45, 7) is 5.36. The molecule has 0 radical (unpaired) electrons. The number of ether oxygens (including phenoxy) is 3. The van der Waals surface area contributed by atoms with Crippen LogP contribution in [0.1, 0.15) is 31.9 Å². The molecule has 3 aromatic rings. The van der Waals surface area contributed by atoms with Gasteiger partial charge in [-0.05, 0) is 56.9 Å². The average molecular weight is 560 g/mol. The minimum absolute atomic E-state index is 0.00793. The zero-order valence-electron chi connectivity index (χ0n) is 22.3. The molecule has 10 nitrogen and oxygen atoms in total. The van der Waals surface area contributed by atoms with Gasteiger partial charge in [0.2, 0.25) is 0 Å². The summed E-state index contributed by atoms with van der Waals surface area (Å²) in [5, 5.41) is 15.0. The molecule has 1 fully saturated rings. The molecule has 1 aromatic heterocycles. The summed E-state index contributed by atoms with van der Waals surface area (Å²) in [7, 11) is 0. The molecule has 2 aromatic carbocycles. The Balaban J connectivity index is 1.40. The molecule has 0 aliphatic carbocycles. The highest BCUT2D eigenvalue weighted by molar-refractivity contribution is 5.67. The monoisotopic (exact) mass is 559 g/mol. The van der Waals surface area contributed by atoms with Gasteiger partial charge in [-0.15, -0.1) is 0 Å². The van der Waals surface area contributed by atoms with Crippen LogP contribution in [0.25, 0.3) is 11.3 Å². The minimum atomic E-state index is -1.09. The Kier molecular flexibility index (Phi) is 8.88. The number of phenols is 1. The summed E-state index contributed by atoms with van der Waals surface area (Å²) >= 11 is 0. The first-order valence-electron chi connectivity index (χ1n) is 12.7. The van der Waals surface area contributed by atoms with E-state index >= 15 is 0 Å². The lowest BCUT2D eigenvalue weighted by Crippen LogP contribution is -2.43. The number of alkyl carbamates (subject to hydrolysis) is 1. The summed E-state index contributed by atoms with van der Waals surface area (Å²) in [5.74, 6) is -2.60. The molecule has 214 valence electrons. The highest BCUT2D eigenvalue weighted by Gasteiger charge is 2.42. The zero-order chi connectivity index (χ0) is 28.9. The Morgan fingerprint density at radius 3 is 2.45 bits per heavy atom. The molecule has 3 N–H and O–H groups in total. The predicted octanol–water partition coefficient (Wildman–Crippen LogP) is 4.50. The van der Waals surface area contributed by atoms with Gasteiger partial charge in [0.15, 0.2) is 41.7 Å². The molecule has 0 unspecified atom stereocenters. The number of phenolic OH excluding ortho intramolecular Hbond substituents is 1. The Morgan fingerprint density at radius 1 is 1.12 bits per heavy atom. The number of amides is 1. The van der Waals surface area contributed by atoms with Gasteiger partial charge in [0.05, 0.1) is 12.2 Å². The normalized spacial score (nSPS) is 18.8. The van der Waals surface area contributed by atoms with Gasteiger partial charge in [-0.3, -0.25) is 0 Å². The average Bonchev–Trinajstić information content (AvgIpc) is 3.53. The summed E-state index contributed by atoms with van der Waals surface area (Å²) in [6, 6.07) is 9.17. The highest BCUT2D eigenvalue weighted by atomic mass is 19.1. The fourth-order valence-corrected chi connectivity index (χ4v) is 4.27. The van der Waals surface area contributed by atoms with E-state index in [2.05, 4.69) is 15.6 Å². The number of nitrogens with one attached hydrogen (secondary N) is 2. The first kappa shape index (κ1) is 28.8. The number of nitrogens with zero attached hydrogens (tertiary/aromatic N) is 1. The number of hydrogen-bond donors (Lipinski definition) is 3. The molecule has 40 heavy (non-hydrogen) atoms. The van der Waals surface area contributed by atoms with Crippen molar-refractivity contribution in [3.63, 3.8) is 0 Å². The van der Waals surface area contributed by atoms with Crippen molar-refractivity contribution in [2.24, 2.45) is 0 Å². The maximum absolute atomic E-state index is 13.6. The Labute approximate surface area is 229 Å². The van der Waals surface area contributed by atoms with Crippen LogP contribution in [0.4, 0.5) is 18.4 Å². The van der Waals surface area contributed by atoms with Crippen molar-refractivity contribution in [1.29, 1.82) is 0 Å². The lowest BCUT2D eigenvalue weighted by atomic mass is 10.00. The number of aromatic hydroxyl groups is 1. The second-order valence-corrected chi connectivity index (χ2v) is 10.4. The molecule has 1 amide bonds.